The largest absolute Gasteiger partial charge is 0.481 e. The lowest BCUT2D eigenvalue weighted by atomic mass is 9.89. The Balaban J connectivity index is 1.90. The molecular formula is C12H13N5O2. The normalized spacial score (nSPS) is 16.8. The van der Waals surface area contributed by atoms with E-state index in [1.165, 1.54) is 4.80 Å². The number of hydrogen-bond acceptors (Lipinski definition) is 5. The van der Waals surface area contributed by atoms with Gasteiger partial charge in [-0.05, 0) is 5.21 Å². The summed E-state index contributed by atoms with van der Waals surface area (Å²) in [4.78, 5) is 12.4. The van der Waals surface area contributed by atoms with Crippen LogP contribution >= 0.6 is 0 Å². The standard InChI is InChI=1S/C12H13N5O2/c18-10(19)6-12(7-13-8-12)17-15-11(14-16-17)9-4-2-1-3-5-9/h1-5,13H,6-8H2,(H,18,19). The molecule has 0 aliphatic carbocycles. The minimum Gasteiger partial charge on any atom is -0.481 e. The maximum atomic E-state index is 10.9. The molecule has 1 saturated heterocycles. The lowest BCUT2D eigenvalue weighted by molar-refractivity contribution is -0.140. The first-order chi connectivity index (χ1) is 9.20. The first-order valence-electron chi connectivity index (χ1n) is 5.98. The van der Waals surface area contributed by atoms with Gasteiger partial charge in [0.2, 0.25) is 5.82 Å². The summed E-state index contributed by atoms with van der Waals surface area (Å²) in [6, 6.07) is 9.49. The van der Waals surface area contributed by atoms with Gasteiger partial charge in [0, 0.05) is 18.7 Å². The second-order valence-electron chi connectivity index (χ2n) is 4.67. The molecule has 1 fully saturated rings. The quantitative estimate of drug-likeness (QED) is 0.809. The number of tetrazole rings is 1. The van der Waals surface area contributed by atoms with Crippen molar-refractivity contribution in [3.63, 3.8) is 0 Å². The van der Waals surface area contributed by atoms with E-state index in [1.807, 2.05) is 30.3 Å². The Morgan fingerprint density at radius 2 is 2.11 bits per heavy atom. The number of benzene rings is 1. The second-order valence-corrected chi connectivity index (χ2v) is 4.67. The minimum absolute atomic E-state index is 0.00934. The van der Waals surface area contributed by atoms with Crippen molar-refractivity contribution in [2.24, 2.45) is 0 Å². The van der Waals surface area contributed by atoms with E-state index >= 15 is 0 Å². The van der Waals surface area contributed by atoms with Gasteiger partial charge in [-0.25, -0.2) is 0 Å². The second kappa shape index (κ2) is 4.43. The van der Waals surface area contributed by atoms with Crippen molar-refractivity contribution in [1.29, 1.82) is 0 Å². The fraction of sp³-hybridized carbons (Fsp3) is 0.333. The van der Waals surface area contributed by atoms with Gasteiger partial charge in [-0.2, -0.15) is 4.80 Å². The van der Waals surface area contributed by atoms with E-state index in [1.54, 1.807) is 0 Å². The summed E-state index contributed by atoms with van der Waals surface area (Å²) in [5.41, 5.74) is 0.276. The third-order valence-corrected chi connectivity index (χ3v) is 3.26. The van der Waals surface area contributed by atoms with E-state index in [0.717, 1.165) is 5.56 Å². The van der Waals surface area contributed by atoms with Crippen molar-refractivity contribution in [3.05, 3.63) is 30.3 Å². The summed E-state index contributed by atoms with van der Waals surface area (Å²) in [5.74, 6) is -0.350. The number of carboxylic acids is 1. The van der Waals surface area contributed by atoms with Crippen LogP contribution in [0, 0.1) is 0 Å². The summed E-state index contributed by atoms with van der Waals surface area (Å²) in [7, 11) is 0. The predicted octanol–water partition coefficient (Wildman–Crippen LogP) is 0.113. The Bertz CT molecular complexity index is 591. The zero-order valence-electron chi connectivity index (χ0n) is 10.2. The van der Waals surface area contributed by atoms with Gasteiger partial charge >= 0.3 is 5.97 Å². The van der Waals surface area contributed by atoms with Crippen LogP contribution in [0.2, 0.25) is 0 Å². The number of aromatic nitrogens is 4. The number of carboxylic acid groups (broad SMARTS) is 1. The van der Waals surface area contributed by atoms with E-state index in [-0.39, 0.29) is 6.42 Å². The molecule has 7 heteroatoms. The van der Waals surface area contributed by atoms with E-state index < -0.39 is 11.5 Å². The van der Waals surface area contributed by atoms with Gasteiger partial charge in [-0.1, -0.05) is 30.3 Å². The summed E-state index contributed by atoms with van der Waals surface area (Å²) < 4.78 is 0. The molecule has 0 amide bonds. The topological polar surface area (TPSA) is 92.9 Å². The molecule has 0 radical (unpaired) electrons. The molecule has 98 valence electrons. The van der Waals surface area contributed by atoms with Crippen LogP contribution in [-0.4, -0.2) is 44.4 Å². The molecule has 0 saturated carbocycles. The van der Waals surface area contributed by atoms with Crippen LogP contribution in [0.5, 0.6) is 0 Å². The van der Waals surface area contributed by atoms with Gasteiger partial charge in [0.25, 0.3) is 0 Å². The van der Waals surface area contributed by atoms with Gasteiger partial charge < -0.3 is 10.4 Å². The van der Waals surface area contributed by atoms with Crippen LogP contribution in [0.3, 0.4) is 0 Å². The lowest BCUT2D eigenvalue weighted by Gasteiger charge is -2.39. The third kappa shape index (κ3) is 2.08. The molecule has 1 aromatic heterocycles. The summed E-state index contributed by atoms with van der Waals surface area (Å²) >= 11 is 0. The third-order valence-electron chi connectivity index (χ3n) is 3.26. The molecule has 1 aliphatic rings. The fourth-order valence-electron chi connectivity index (χ4n) is 2.15. The average Bonchev–Trinajstić information content (AvgIpc) is 2.84. The van der Waals surface area contributed by atoms with E-state index in [9.17, 15) is 4.79 Å². The molecule has 1 aromatic carbocycles. The number of nitrogens with zero attached hydrogens (tertiary/aromatic N) is 4. The first-order valence-corrected chi connectivity index (χ1v) is 5.98. The molecule has 7 nitrogen and oxygen atoms in total. The highest BCUT2D eigenvalue weighted by Crippen LogP contribution is 2.25. The summed E-state index contributed by atoms with van der Waals surface area (Å²) in [5, 5.41) is 24.4. The molecule has 0 unspecified atom stereocenters. The molecular weight excluding hydrogens is 246 g/mol. The van der Waals surface area contributed by atoms with Crippen LogP contribution in [-0.2, 0) is 10.3 Å². The van der Waals surface area contributed by atoms with Crippen molar-refractivity contribution in [2.75, 3.05) is 13.1 Å². The molecule has 0 atom stereocenters. The van der Waals surface area contributed by atoms with Crippen LogP contribution in [0.1, 0.15) is 6.42 Å². The first kappa shape index (κ1) is 11.8. The Morgan fingerprint density at radius 3 is 2.68 bits per heavy atom. The van der Waals surface area contributed by atoms with Crippen molar-refractivity contribution in [1.82, 2.24) is 25.5 Å². The maximum Gasteiger partial charge on any atom is 0.305 e. The Labute approximate surface area is 109 Å². The highest BCUT2D eigenvalue weighted by Gasteiger charge is 2.43. The molecule has 0 spiro atoms. The predicted molar refractivity (Wildman–Crippen MR) is 66.3 cm³/mol. The summed E-state index contributed by atoms with van der Waals surface area (Å²) in [6.07, 6.45) is -0.00934. The molecule has 3 rings (SSSR count). The smallest absolute Gasteiger partial charge is 0.305 e. The van der Waals surface area contributed by atoms with E-state index in [0.29, 0.717) is 18.9 Å². The van der Waals surface area contributed by atoms with Gasteiger partial charge in [-0.3, -0.25) is 4.79 Å². The summed E-state index contributed by atoms with van der Waals surface area (Å²) in [6.45, 7) is 1.09. The van der Waals surface area contributed by atoms with Crippen molar-refractivity contribution < 1.29 is 9.90 Å². The number of aliphatic carboxylic acids is 1. The molecule has 2 aromatic rings. The molecule has 19 heavy (non-hydrogen) atoms. The van der Waals surface area contributed by atoms with Gasteiger partial charge in [-0.15, -0.1) is 10.2 Å². The highest BCUT2D eigenvalue weighted by atomic mass is 16.4. The molecule has 1 aliphatic heterocycles. The Morgan fingerprint density at radius 1 is 1.37 bits per heavy atom. The van der Waals surface area contributed by atoms with Crippen molar-refractivity contribution in [2.45, 2.75) is 12.0 Å². The van der Waals surface area contributed by atoms with E-state index in [2.05, 4.69) is 20.7 Å². The van der Waals surface area contributed by atoms with Crippen molar-refractivity contribution >= 4 is 5.97 Å². The average molecular weight is 259 g/mol. The number of nitrogens with one attached hydrogen (secondary N) is 1. The molecule has 2 heterocycles. The van der Waals surface area contributed by atoms with Gasteiger partial charge in [0.1, 0.15) is 5.54 Å². The Hall–Kier alpha value is -2.28. The SMILES string of the molecule is O=C(O)CC1(n2nnc(-c3ccccc3)n2)CNC1. The van der Waals surface area contributed by atoms with Gasteiger partial charge in [0.05, 0.1) is 6.42 Å². The minimum atomic E-state index is -0.861. The Kier molecular flexibility index (Phi) is 2.75. The fourth-order valence-corrected chi connectivity index (χ4v) is 2.15. The molecule has 2 N–H and O–H groups in total. The van der Waals surface area contributed by atoms with Crippen LogP contribution in [0.4, 0.5) is 0 Å². The molecule has 0 bridgehead atoms. The number of carbonyl (C=O) groups is 1. The van der Waals surface area contributed by atoms with Crippen LogP contribution < -0.4 is 5.32 Å². The number of hydrogen-bond donors (Lipinski definition) is 2. The monoisotopic (exact) mass is 259 g/mol. The zero-order chi connectivity index (χ0) is 13.3. The van der Waals surface area contributed by atoms with E-state index in [4.69, 9.17) is 5.11 Å². The van der Waals surface area contributed by atoms with Crippen LogP contribution in [0.25, 0.3) is 11.4 Å². The van der Waals surface area contributed by atoms with Crippen LogP contribution in [0.15, 0.2) is 30.3 Å². The maximum absolute atomic E-state index is 10.9. The van der Waals surface area contributed by atoms with Crippen molar-refractivity contribution in [3.8, 4) is 11.4 Å². The lowest BCUT2D eigenvalue weighted by Crippen LogP contribution is -2.62. The highest BCUT2D eigenvalue weighted by molar-refractivity contribution is 5.68. The zero-order valence-corrected chi connectivity index (χ0v) is 10.2. The van der Waals surface area contributed by atoms with Gasteiger partial charge in [0.15, 0.2) is 0 Å². The number of rotatable bonds is 4.